The number of carbonyl (C=O) groups excluding carboxylic acids is 1. The van der Waals surface area contributed by atoms with Crippen molar-refractivity contribution in [1.82, 2.24) is 9.55 Å². The molecule has 0 radical (unpaired) electrons. The van der Waals surface area contributed by atoms with E-state index in [0.717, 1.165) is 4.90 Å². The van der Waals surface area contributed by atoms with Crippen LogP contribution in [0, 0.1) is 0 Å². The van der Waals surface area contributed by atoms with Crippen LogP contribution in [0.3, 0.4) is 0 Å². The molecular weight excluding hydrogens is 348 g/mol. The van der Waals surface area contributed by atoms with E-state index >= 15 is 0 Å². The Morgan fingerprint density at radius 3 is 2.74 bits per heavy atom. The highest BCUT2D eigenvalue weighted by Gasteiger charge is 2.36. The minimum Gasteiger partial charge on any atom is -0.465 e. The Hall–Kier alpha value is -3.42. The highest BCUT2D eigenvalue weighted by molar-refractivity contribution is 5.94. The molecule has 3 rings (SSSR count). The molecule has 1 aliphatic heterocycles. The Labute approximate surface area is 155 Å². The zero-order valence-corrected chi connectivity index (χ0v) is 14.8. The SMILES string of the molecule is C=CCN(C(=O)O)c1cnc2n(c1=O)C(C(=O)Nc1ccccc1)CC2C. The first kappa shape index (κ1) is 18.4. The fourth-order valence-electron chi connectivity index (χ4n) is 3.25. The van der Waals surface area contributed by atoms with Crippen LogP contribution in [0.1, 0.15) is 31.1 Å². The minimum absolute atomic E-state index is 0.0535. The van der Waals surface area contributed by atoms with Crippen LogP contribution in [-0.2, 0) is 4.79 Å². The van der Waals surface area contributed by atoms with Crippen molar-refractivity contribution in [1.29, 1.82) is 0 Å². The number of aromatic nitrogens is 2. The summed E-state index contributed by atoms with van der Waals surface area (Å²) in [6.45, 7) is 5.34. The van der Waals surface area contributed by atoms with Gasteiger partial charge in [-0.05, 0) is 18.6 Å². The van der Waals surface area contributed by atoms with Crippen molar-refractivity contribution in [2.24, 2.45) is 0 Å². The number of carbonyl (C=O) groups is 2. The second kappa shape index (κ2) is 7.45. The molecule has 2 aromatic rings. The molecule has 2 unspecified atom stereocenters. The molecule has 27 heavy (non-hydrogen) atoms. The minimum atomic E-state index is -1.29. The van der Waals surface area contributed by atoms with Crippen LogP contribution < -0.4 is 15.8 Å². The van der Waals surface area contributed by atoms with Gasteiger partial charge in [-0.2, -0.15) is 0 Å². The fourth-order valence-corrected chi connectivity index (χ4v) is 3.25. The maximum atomic E-state index is 13.0. The lowest BCUT2D eigenvalue weighted by Crippen LogP contribution is -2.39. The first-order valence-corrected chi connectivity index (χ1v) is 8.52. The Balaban J connectivity index is 2.00. The van der Waals surface area contributed by atoms with E-state index in [9.17, 15) is 19.5 Å². The molecule has 2 amide bonds. The van der Waals surface area contributed by atoms with Crippen LogP contribution in [0.4, 0.5) is 16.2 Å². The van der Waals surface area contributed by atoms with E-state index in [1.54, 1.807) is 24.3 Å². The molecule has 0 saturated carbocycles. The molecule has 1 aromatic carbocycles. The number of nitrogens with zero attached hydrogens (tertiary/aromatic N) is 3. The number of para-hydroxylation sites is 1. The van der Waals surface area contributed by atoms with Crippen LogP contribution in [0.25, 0.3) is 0 Å². The number of rotatable bonds is 5. The molecule has 0 aliphatic carbocycles. The van der Waals surface area contributed by atoms with Gasteiger partial charge in [0, 0.05) is 18.2 Å². The van der Waals surface area contributed by atoms with E-state index in [2.05, 4.69) is 16.9 Å². The molecule has 1 aromatic heterocycles. The Bertz CT molecular complexity index is 938. The van der Waals surface area contributed by atoms with Crippen molar-refractivity contribution < 1.29 is 14.7 Å². The van der Waals surface area contributed by atoms with E-state index in [-0.39, 0.29) is 24.1 Å². The highest BCUT2D eigenvalue weighted by Crippen LogP contribution is 2.34. The summed E-state index contributed by atoms with van der Waals surface area (Å²) in [6.07, 6.45) is 1.76. The molecule has 0 fully saturated rings. The van der Waals surface area contributed by atoms with Gasteiger partial charge < -0.3 is 10.4 Å². The number of benzene rings is 1. The van der Waals surface area contributed by atoms with Gasteiger partial charge in [0.15, 0.2) is 0 Å². The summed E-state index contributed by atoms with van der Waals surface area (Å²) in [5.41, 5.74) is -0.0286. The second-order valence-electron chi connectivity index (χ2n) is 6.37. The van der Waals surface area contributed by atoms with Gasteiger partial charge >= 0.3 is 6.09 Å². The summed E-state index contributed by atoms with van der Waals surface area (Å²) < 4.78 is 1.30. The summed E-state index contributed by atoms with van der Waals surface area (Å²) in [4.78, 5) is 42.4. The summed E-state index contributed by atoms with van der Waals surface area (Å²) in [5.74, 6) is 0.0373. The number of carboxylic acid groups (broad SMARTS) is 1. The molecule has 140 valence electrons. The van der Waals surface area contributed by atoms with Gasteiger partial charge in [-0.15, -0.1) is 6.58 Å². The van der Waals surface area contributed by atoms with Gasteiger partial charge in [0.25, 0.3) is 5.56 Å². The van der Waals surface area contributed by atoms with Crippen molar-refractivity contribution >= 4 is 23.4 Å². The molecule has 0 spiro atoms. The van der Waals surface area contributed by atoms with Crippen molar-refractivity contribution in [2.75, 3.05) is 16.8 Å². The van der Waals surface area contributed by atoms with E-state index in [1.165, 1.54) is 16.8 Å². The molecule has 2 N–H and O–H groups in total. The first-order valence-electron chi connectivity index (χ1n) is 8.52. The van der Waals surface area contributed by atoms with Crippen LogP contribution in [0.2, 0.25) is 0 Å². The van der Waals surface area contributed by atoms with Crippen molar-refractivity contribution in [3.63, 3.8) is 0 Å². The van der Waals surface area contributed by atoms with Crippen LogP contribution in [-0.4, -0.2) is 33.2 Å². The number of hydrogen-bond acceptors (Lipinski definition) is 4. The maximum Gasteiger partial charge on any atom is 0.412 e. The van der Waals surface area contributed by atoms with E-state index < -0.39 is 17.7 Å². The summed E-state index contributed by atoms with van der Waals surface area (Å²) in [5, 5.41) is 12.2. The van der Waals surface area contributed by atoms with Crippen LogP contribution in [0.15, 0.2) is 54.0 Å². The third-order valence-electron chi connectivity index (χ3n) is 4.51. The standard InChI is InChI=1S/C19H20N4O4/c1-3-9-22(19(26)27)15-11-20-16-12(2)10-14(23(16)18(15)25)17(24)21-13-7-5-4-6-8-13/h3-8,11-12,14H,1,9-10H2,2H3,(H,21,24)(H,26,27). The van der Waals surface area contributed by atoms with Crippen LogP contribution >= 0.6 is 0 Å². The predicted octanol–water partition coefficient (Wildman–Crippen LogP) is 2.60. The highest BCUT2D eigenvalue weighted by atomic mass is 16.4. The quantitative estimate of drug-likeness (QED) is 0.790. The molecule has 2 atom stereocenters. The van der Waals surface area contributed by atoms with Gasteiger partial charge in [-0.3, -0.25) is 19.1 Å². The monoisotopic (exact) mass is 368 g/mol. The van der Waals surface area contributed by atoms with Crippen LogP contribution in [0.5, 0.6) is 0 Å². The van der Waals surface area contributed by atoms with Gasteiger partial charge in [-0.25, -0.2) is 9.78 Å². The number of anilines is 2. The average Bonchev–Trinajstić information content (AvgIpc) is 2.99. The van der Waals surface area contributed by atoms with E-state index in [0.29, 0.717) is 17.9 Å². The summed E-state index contributed by atoms with van der Waals surface area (Å²) >= 11 is 0. The number of fused-ring (bicyclic) bond motifs is 1. The van der Waals surface area contributed by atoms with Crippen molar-refractivity contribution in [3.8, 4) is 0 Å². The molecule has 8 nitrogen and oxygen atoms in total. The third-order valence-corrected chi connectivity index (χ3v) is 4.51. The predicted molar refractivity (Wildman–Crippen MR) is 101 cm³/mol. The van der Waals surface area contributed by atoms with Gasteiger partial charge in [-0.1, -0.05) is 31.2 Å². The zero-order chi connectivity index (χ0) is 19.6. The van der Waals surface area contributed by atoms with Crippen molar-refractivity contribution in [2.45, 2.75) is 25.3 Å². The molecule has 2 heterocycles. The lowest BCUT2D eigenvalue weighted by atomic mass is 10.1. The topological polar surface area (TPSA) is 105 Å². The normalized spacial score (nSPS) is 17.8. The Morgan fingerprint density at radius 1 is 1.41 bits per heavy atom. The second-order valence-corrected chi connectivity index (χ2v) is 6.37. The van der Waals surface area contributed by atoms with Crippen molar-refractivity contribution in [3.05, 3.63) is 65.4 Å². The van der Waals surface area contributed by atoms with E-state index in [4.69, 9.17) is 0 Å². The smallest absolute Gasteiger partial charge is 0.412 e. The average molecular weight is 368 g/mol. The first-order chi connectivity index (χ1) is 12.9. The summed E-state index contributed by atoms with van der Waals surface area (Å²) in [6, 6.07) is 8.19. The molecular formula is C19H20N4O4. The Morgan fingerprint density at radius 2 is 2.11 bits per heavy atom. The van der Waals surface area contributed by atoms with Gasteiger partial charge in [0.05, 0.1) is 6.20 Å². The van der Waals surface area contributed by atoms with Gasteiger partial charge in [0.1, 0.15) is 17.6 Å². The summed E-state index contributed by atoms with van der Waals surface area (Å²) in [7, 11) is 0. The number of nitrogens with one attached hydrogen (secondary N) is 1. The lowest BCUT2D eigenvalue weighted by molar-refractivity contribution is -0.119. The fraction of sp³-hybridized carbons (Fsp3) is 0.263. The Kier molecular flexibility index (Phi) is 5.07. The molecule has 0 bridgehead atoms. The van der Waals surface area contributed by atoms with E-state index in [1.807, 2.05) is 13.0 Å². The molecule has 0 saturated heterocycles. The lowest BCUT2D eigenvalue weighted by Gasteiger charge is -2.19. The zero-order valence-electron chi connectivity index (χ0n) is 14.8. The molecule has 8 heteroatoms. The maximum absolute atomic E-state index is 13.0. The number of amides is 2. The molecule has 1 aliphatic rings. The number of hydrogen-bond donors (Lipinski definition) is 2. The third kappa shape index (κ3) is 3.46. The van der Waals surface area contributed by atoms with Gasteiger partial charge in [0.2, 0.25) is 5.91 Å². The largest absolute Gasteiger partial charge is 0.465 e.